The van der Waals surface area contributed by atoms with Crippen LogP contribution in [0.1, 0.15) is 33.6 Å². The number of nitro groups is 1. The summed E-state index contributed by atoms with van der Waals surface area (Å²) in [5.74, 6) is 0. The Hall–Kier alpha value is -2.44. The Morgan fingerprint density at radius 2 is 1.97 bits per heavy atom. The molecule has 1 aromatic rings. The zero-order valence-electron chi connectivity index (χ0n) is 16.5. The first-order valence-electron chi connectivity index (χ1n) is 8.95. The molecule has 1 aromatic carbocycles. The molecule has 2 rings (SSSR count). The number of amides is 1. The van der Waals surface area contributed by atoms with E-state index in [2.05, 4.69) is 5.32 Å². The number of primary sulfonamides is 1. The van der Waals surface area contributed by atoms with Crippen molar-refractivity contribution in [2.24, 2.45) is 5.14 Å². The van der Waals surface area contributed by atoms with E-state index < -0.39 is 37.9 Å². The molecule has 1 saturated heterocycles. The standard InChI is InChI=1S/C17H26N4O7S/c1-16(2,3)28-15(23)20-8-6-17(11-22,7-9-20)19-13-5-4-12(29(18,26)27)10-14(13)21(24)25/h4-5,10,19,22H,6-9,11H2,1-3H3,(H2,18,26,27). The van der Waals surface area contributed by atoms with Crippen LogP contribution in [0.3, 0.4) is 0 Å². The van der Waals surface area contributed by atoms with Crippen molar-refractivity contribution in [1.82, 2.24) is 4.90 Å². The van der Waals surface area contributed by atoms with E-state index in [4.69, 9.17) is 9.88 Å². The summed E-state index contributed by atoms with van der Waals surface area (Å²) in [4.78, 5) is 24.0. The van der Waals surface area contributed by atoms with E-state index in [-0.39, 0.29) is 30.3 Å². The molecule has 0 aliphatic carbocycles. The smallest absolute Gasteiger partial charge is 0.410 e. The summed E-state index contributed by atoms with van der Waals surface area (Å²) < 4.78 is 28.3. The molecule has 162 valence electrons. The molecule has 4 N–H and O–H groups in total. The molecule has 0 unspecified atom stereocenters. The zero-order chi connectivity index (χ0) is 22.0. The van der Waals surface area contributed by atoms with Crippen LogP contribution in [0.5, 0.6) is 0 Å². The maximum absolute atomic E-state index is 12.2. The second-order valence-corrected chi connectivity index (χ2v) is 9.57. The van der Waals surface area contributed by atoms with Crippen LogP contribution in [0.15, 0.2) is 23.1 Å². The molecular weight excluding hydrogens is 404 g/mol. The quantitative estimate of drug-likeness (QED) is 0.466. The molecule has 0 radical (unpaired) electrons. The molecule has 11 nitrogen and oxygen atoms in total. The lowest BCUT2D eigenvalue weighted by Gasteiger charge is -2.41. The van der Waals surface area contributed by atoms with Crippen LogP contribution in [0.25, 0.3) is 0 Å². The Morgan fingerprint density at radius 3 is 2.41 bits per heavy atom. The molecule has 1 aliphatic heterocycles. The number of nitrogens with two attached hydrogens (primary N) is 1. The predicted molar refractivity (Wildman–Crippen MR) is 105 cm³/mol. The number of sulfonamides is 1. The van der Waals surface area contributed by atoms with E-state index in [0.29, 0.717) is 12.8 Å². The Morgan fingerprint density at radius 1 is 1.38 bits per heavy atom. The topological polar surface area (TPSA) is 165 Å². The maximum atomic E-state index is 12.2. The number of carbonyl (C=O) groups is 1. The minimum absolute atomic E-state index is 0.0576. The second kappa shape index (κ2) is 8.13. The number of hydrogen-bond acceptors (Lipinski definition) is 8. The number of anilines is 1. The van der Waals surface area contributed by atoms with Crippen molar-refractivity contribution in [3.63, 3.8) is 0 Å². The molecule has 1 heterocycles. The molecule has 1 fully saturated rings. The van der Waals surface area contributed by atoms with Crippen molar-refractivity contribution in [1.29, 1.82) is 0 Å². The fraction of sp³-hybridized carbons (Fsp3) is 0.588. The molecular formula is C17H26N4O7S. The highest BCUT2D eigenvalue weighted by Crippen LogP contribution is 2.33. The van der Waals surface area contributed by atoms with Gasteiger partial charge in [-0.2, -0.15) is 0 Å². The van der Waals surface area contributed by atoms with Gasteiger partial charge in [0.15, 0.2) is 0 Å². The molecule has 0 atom stereocenters. The first kappa shape index (κ1) is 22.8. The zero-order valence-corrected chi connectivity index (χ0v) is 17.4. The molecule has 0 spiro atoms. The number of nitrogens with zero attached hydrogens (tertiary/aromatic N) is 2. The van der Waals surface area contributed by atoms with Gasteiger partial charge in [0, 0.05) is 19.2 Å². The van der Waals surface area contributed by atoms with E-state index in [1.54, 1.807) is 20.8 Å². The Labute approximate surface area is 169 Å². The maximum Gasteiger partial charge on any atom is 0.410 e. The number of benzene rings is 1. The van der Waals surface area contributed by atoms with Crippen molar-refractivity contribution in [2.75, 3.05) is 25.0 Å². The number of nitro benzene ring substituents is 1. The van der Waals surface area contributed by atoms with Gasteiger partial charge < -0.3 is 20.1 Å². The Bertz CT molecular complexity index is 888. The molecule has 0 aromatic heterocycles. The fourth-order valence-electron chi connectivity index (χ4n) is 3.00. The highest BCUT2D eigenvalue weighted by molar-refractivity contribution is 7.89. The highest BCUT2D eigenvalue weighted by Gasteiger charge is 2.38. The summed E-state index contributed by atoms with van der Waals surface area (Å²) in [7, 11) is -4.10. The number of likely N-dealkylation sites (tertiary alicyclic amines) is 1. The number of aliphatic hydroxyl groups excluding tert-OH is 1. The van der Waals surface area contributed by atoms with Gasteiger partial charge in [-0.3, -0.25) is 10.1 Å². The third-order valence-electron chi connectivity index (χ3n) is 4.57. The highest BCUT2D eigenvalue weighted by atomic mass is 32.2. The van der Waals surface area contributed by atoms with Crippen molar-refractivity contribution in [3.05, 3.63) is 28.3 Å². The number of aliphatic hydroxyl groups is 1. The largest absolute Gasteiger partial charge is 0.444 e. The van der Waals surface area contributed by atoms with Gasteiger partial charge in [-0.1, -0.05) is 0 Å². The molecule has 1 aliphatic rings. The van der Waals surface area contributed by atoms with E-state index in [1.807, 2.05) is 0 Å². The van der Waals surface area contributed by atoms with Crippen LogP contribution in [0, 0.1) is 10.1 Å². The summed E-state index contributed by atoms with van der Waals surface area (Å²) in [5, 5.41) is 29.4. The predicted octanol–water partition coefficient (Wildman–Crippen LogP) is 1.42. The minimum atomic E-state index is -4.10. The number of rotatable bonds is 5. The lowest BCUT2D eigenvalue weighted by molar-refractivity contribution is -0.384. The van der Waals surface area contributed by atoms with Crippen molar-refractivity contribution in [2.45, 2.75) is 49.6 Å². The number of hydrogen-bond donors (Lipinski definition) is 3. The third-order valence-corrected chi connectivity index (χ3v) is 5.48. The normalized spacial score (nSPS) is 16.9. The number of nitrogens with one attached hydrogen (secondary N) is 1. The van der Waals surface area contributed by atoms with Crippen molar-refractivity contribution in [3.8, 4) is 0 Å². The summed E-state index contributed by atoms with van der Waals surface area (Å²) in [6.07, 6.45) is 0.167. The average Bonchev–Trinajstić information content (AvgIpc) is 2.60. The third kappa shape index (κ3) is 5.78. The molecule has 29 heavy (non-hydrogen) atoms. The van der Waals surface area contributed by atoms with E-state index in [9.17, 15) is 28.4 Å². The minimum Gasteiger partial charge on any atom is -0.444 e. The fourth-order valence-corrected chi connectivity index (χ4v) is 3.53. The van der Waals surface area contributed by atoms with Gasteiger partial charge in [0.25, 0.3) is 5.69 Å². The van der Waals surface area contributed by atoms with Crippen LogP contribution in [-0.2, 0) is 14.8 Å². The average molecular weight is 430 g/mol. The number of piperidine rings is 1. The summed E-state index contributed by atoms with van der Waals surface area (Å²) in [6, 6.07) is 3.28. The molecule has 0 saturated carbocycles. The molecule has 1 amide bonds. The van der Waals surface area contributed by atoms with Crippen molar-refractivity contribution >= 4 is 27.5 Å². The number of ether oxygens (including phenoxy) is 1. The number of carbonyl (C=O) groups excluding carboxylic acids is 1. The SMILES string of the molecule is CC(C)(C)OC(=O)N1CCC(CO)(Nc2ccc(S(N)(=O)=O)cc2[N+](=O)[O-])CC1. The van der Waals surface area contributed by atoms with Crippen LogP contribution in [0.2, 0.25) is 0 Å². The molecule has 12 heteroatoms. The summed E-state index contributed by atoms with van der Waals surface area (Å²) in [6.45, 7) is 5.52. The van der Waals surface area contributed by atoms with Gasteiger partial charge in [-0.25, -0.2) is 18.4 Å². The lowest BCUT2D eigenvalue weighted by atomic mass is 9.88. The monoisotopic (exact) mass is 430 g/mol. The van der Waals surface area contributed by atoms with Crippen LogP contribution in [0.4, 0.5) is 16.2 Å². The van der Waals surface area contributed by atoms with Crippen molar-refractivity contribution < 1.29 is 28.0 Å². The Kier molecular flexibility index (Phi) is 6.40. The van der Waals surface area contributed by atoms with Crippen LogP contribution in [-0.4, -0.2) is 60.3 Å². The van der Waals surface area contributed by atoms with Gasteiger partial charge in [0.1, 0.15) is 11.3 Å². The van der Waals surface area contributed by atoms with Gasteiger partial charge in [0.2, 0.25) is 10.0 Å². The van der Waals surface area contributed by atoms with Crippen LogP contribution >= 0.6 is 0 Å². The van der Waals surface area contributed by atoms with Gasteiger partial charge in [0.05, 0.1) is 22.0 Å². The van der Waals surface area contributed by atoms with E-state index in [1.165, 1.54) is 11.0 Å². The first-order chi connectivity index (χ1) is 13.3. The first-order valence-corrected chi connectivity index (χ1v) is 10.5. The van der Waals surface area contributed by atoms with Crippen LogP contribution < -0.4 is 10.5 Å². The Balaban J connectivity index is 2.20. The summed E-state index contributed by atoms with van der Waals surface area (Å²) in [5.41, 5.74) is -1.96. The van der Waals surface area contributed by atoms with Gasteiger partial charge in [-0.05, 0) is 45.7 Å². The van der Waals surface area contributed by atoms with E-state index in [0.717, 1.165) is 12.1 Å². The lowest BCUT2D eigenvalue weighted by Crippen LogP contribution is -2.53. The van der Waals surface area contributed by atoms with Gasteiger partial charge in [-0.15, -0.1) is 0 Å². The van der Waals surface area contributed by atoms with E-state index >= 15 is 0 Å². The molecule has 0 bridgehead atoms. The summed E-state index contributed by atoms with van der Waals surface area (Å²) >= 11 is 0. The second-order valence-electron chi connectivity index (χ2n) is 8.01. The van der Waals surface area contributed by atoms with Gasteiger partial charge >= 0.3 is 6.09 Å².